The van der Waals surface area contributed by atoms with E-state index in [0.717, 1.165) is 63.5 Å². The van der Waals surface area contributed by atoms with Gasteiger partial charge in [0.15, 0.2) is 11.6 Å². The summed E-state index contributed by atoms with van der Waals surface area (Å²) in [4.78, 5) is 23.2. The fourth-order valence-electron chi connectivity index (χ4n) is 5.00. The number of hydrazine groups is 1. The van der Waals surface area contributed by atoms with Crippen molar-refractivity contribution < 1.29 is 9.18 Å². The molecule has 2 fully saturated rings. The first-order valence-corrected chi connectivity index (χ1v) is 13.1. The number of piperidine rings is 1. The predicted molar refractivity (Wildman–Crippen MR) is 144 cm³/mol. The van der Waals surface area contributed by atoms with Crippen LogP contribution in [0.2, 0.25) is 0 Å². The number of rotatable bonds is 7. The molecule has 1 aromatic carbocycles. The lowest BCUT2D eigenvalue weighted by atomic mass is 9.94. The van der Waals surface area contributed by atoms with Crippen molar-refractivity contribution in [2.45, 2.75) is 51.0 Å². The topological polar surface area (TPSA) is 97.5 Å². The first kappa shape index (κ1) is 25.2. The standard InChI is InChI=1S/C27H35FN8O/c1-35-12-10-23(11-13-35)36-18-22(16-30-36)33-27-29-17-24(28)26(34-27)32-21-9-5-8-20(15-21)31-25(37)14-19-6-3-2-4-7-19/h5,8-9,14-15,17-18,23,30H,2-4,6-7,10-13,16H2,1H3,(H,31,37)(H2,29,32,33,34). The molecule has 0 bridgehead atoms. The van der Waals surface area contributed by atoms with E-state index in [1.807, 2.05) is 6.20 Å². The second-order valence-electron chi connectivity index (χ2n) is 10.0. The van der Waals surface area contributed by atoms with Gasteiger partial charge in [-0.05, 0) is 76.9 Å². The fraction of sp³-hybridized carbons (Fsp3) is 0.444. The van der Waals surface area contributed by atoms with E-state index in [0.29, 0.717) is 29.9 Å². The molecule has 1 amide bonds. The predicted octanol–water partition coefficient (Wildman–Crippen LogP) is 4.36. The minimum Gasteiger partial charge on any atom is -0.338 e. The summed E-state index contributed by atoms with van der Waals surface area (Å²) in [6.07, 6.45) is 12.6. The van der Waals surface area contributed by atoms with Crippen LogP contribution in [0.15, 0.2) is 54.0 Å². The Labute approximate surface area is 217 Å². The van der Waals surface area contributed by atoms with Crippen LogP contribution in [0.5, 0.6) is 0 Å². The molecule has 4 N–H and O–H groups in total. The SMILES string of the molecule is CN1CCC(N2C=C(Nc3ncc(F)c(Nc4cccc(NC(=O)C=C5CCCCC5)c4)n3)CN2)CC1. The van der Waals surface area contributed by atoms with Gasteiger partial charge in [0.05, 0.1) is 18.4 Å². The summed E-state index contributed by atoms with van der Waals surface area (Å²) >= 11 is 0. The summed E-state index contributed by atoms with van der Waals surface area (Å²) in [5.74, 6) is -0.329. The van der Waals surface area contributed by atoms with Crippen LogP contribution in [-0.2, 0) is 4.79 Å². The number of halogens is 1. The molecular formula is C27H35FN8O. The van der Waals surface area contributed by atoms with Crippen LogP contribution in [0.3, 0.4) is 0 Å². The highest BCUT2D eigenvalue weighted by Crippen LogP contribution is 2.25. The van der Waals surface area contributed by atoms with Gasteiger partial charge in [-0.25, -0.2) is 14.8 Å². The Morgan fingerprint density at radius 3 is 2.73 bits per heavy atom. The van der Waals surface area contributed by atoms with E-state index in [-0.39, 0.29) is 11.7 Å². The maximum atomic E-state index is 14.5. The lowest BCUT2D eigenvalue weighted by Gasteiger charge is -2.34. The number of anilines is 4. The van der Waals surface area contributed by atoms with E-state index in [1.54, 1.807) is 30.3 Å². The molecule has 0 radical (unpaired) electrons. The lowest BCUT2D eigenvalue weighted by molar-refractivity contribution is -0.112. The van der Waals surface area contributed by atoms with Gasteiger partial charge in [-0.3, -0.25) is 4.79 Å². The monoisotopic (exact) mass is 506 g/mol. The first-order valence-electron chi connectivity index (χ1n) is 13.1. The van der Waals surface area contributed by atoms with Gasteiger partial charge in [0.2, 0.25) is 11.9 Å². The largest absolute Gasteiger partial charge is 0.338 e. The minimum atomic E-state index is -0.562. The van der Waals surface area contributed by atoms with Gasteiger partial charge in [-0.1, -0.05) is 18.1 Å². The molecule has 1 saturated heterocycles. The Bertz CT molecular complexity index is 1170. The average Bonchev–Trinajstić information content (AvgIpc) is 3.36. The van der Waals surface area contributed by atoms with E-state index in [4.69, 9.17) is 0 Å². The Morgan fingerprint density at radius 2 is 1.92 bits per heavy atom. The number of nitrogens with zero attached hydrogens (tertiary/aromatic N) is 4. The summed E-state index contributed by atoms with van der Waals surface area (Å²) in [5, 5.41) is 11.3. The molecule has 1 aliphatic carbocycles. The van der Waals surface area contributed by atoms with Crippen LogP contribution >= 0.6 is 0 Å². The molecule has 2 aromatic rings. The van der Waals surface area contributed by atoms with Crippen molar-refractivity contribution >= 4 is 29.0 Å². The third-order valence-corrected chi connectivity index (χ3v) is 7.07. The zero-order chi connectivity index (χ0) is 25.6. The number of aromatic nitrogens is 2. The number of benzene rings is 1. The van der Waals surface area contributed by atoms with Gasteiger partial charge in [0, 0.05) is 29.7 Å². The summed E-state index contributed by atoms with van der Waals surface area (Å²) in [6.45, 7) is 2.80. The molecule has 1 aromatic heterocycles. The van der Waals surface area contributed by atoms with Gasteiger partial charge in [-0.2, -0.15) is 4.98 Å². The van der Waals surface area contributed by atoms with Crippen molar-refractivity contribution in [1.29, 1.82) is 0 Å². The summed E-state index contributed by atoms with van der Waals surface area (Å²) < 4.78 is 14.5. The van der Waals surface area contributed by atoms with Crippen molar-refractivity contribution in [3.63, 3.8) is 0 Å². The molecular weight excluding hydrogens is 471 g/mol. The first-order chi connectivity index (χ1) is 18.0. The number of amides is 1. The van der Waals surface area contributed by atoms with Crippen LogP contribution < -0.4 is 21.4 Å². The number of allylic oxidation sites excluding steroid dienone is 1. The molecule has 9 nitrogen and oxygen atoms in total. The van der Waals surface area contributed by atoms with Crippen LogP contribution in [0.25, 0.3) is 0 Å². The molecule has 10 heteroatoms. The van der Waals surface area contributed by atoms with Crippen molar-refractivity contribution in [3.8, 4) is 0 Å². The highest BCUT2D eigenvalue weighted by atomic mass is 19.1. The van der Waals surface area contributed by atoms with Gasteiger partial charge < -0.3 is 25.9 Å². The van der Waals surface area contributed by atoms with Crippen molar-refractivity contribution in [3.05, 3.63) is 59.8 Å². The van der Waals surface area contributed by atoms with Gasteiger partial charge in [-0.15, -0.1) is 0 Å². The molecule has 1 saturated carbocycles. The molecule has 3 heterocycles. The highest BCUT2D eigenvalue weighted by molar-refractivity contribution is 6.00. The molecule has 0 spiro atoms. The number of carbonyl (C=O) groups excluding carboxylic acids is 1. The van der Waals surface area contributed by atoms with Crippen LogP contribution in [-0.4, -0.2) is 58.5 Å². The fourth-order valence-corrected chi connectivity index (χ4v) is 5.00. The minimum absolute atomic E-state index is 0.0593. The Kier molecular flexibility index (Phi) is 7.96. The number of hydrogen-bond donors (Lipinski definition) is 4. The molecule has 196 valence electrons. The van der Waals surface area contributed by atoms with E-state index in [1.165, 1.54) is 12.0 Å². The zero-order valence-corrected chi connectivity index (χ0v) is 21.3. The summed E-state index contributed by atoms with van der Waals surface area (Å²) in [5.41, 5.74) is 6.77. The zero-order valence-electron chi connectivity index (χ0n) is 21.3. The van der Waals surface area contributed by atoms with E-state index >= 15 is 0 Å². The highest BCUT2D eigenvalue weighted by Gasteiger charge is 2.25. The molecule has 5 rings (SSSR count). The third kappa shape index (κ3) is 6.84. The molecule has 0 atom stereocenters. The molecule has 2 aliphatic heterocycles. The number of nitrogens with one attached hydrogen (secondary N) is 4. The van der Waals surface area contributed by atoms with Gasteiger partial charge in [0.25, 0.3) is 0 Å². The van der Waals surface area contributed by atoms with Gasteiger partial charge >= 0.3 is 0 Å². The Balaban J connectivity index is 1.21. The van der Waals surface area contributed by atoms with Crippen molar-refractivity contribution in [2.24, 2.45) is 0 Å². The second-order valence-corrected chi connectivity index (χ2v) is 10.0. The van der Waals surface area contributed by atoms with Gasteiger partial charge in [0.1, 0.15) is 0 Å². The smallest absolute Gasteiger partial charge is 0.248 e. The average molecular weight is 507 g/mol. The number of likely N-dealkylation sites (tertiary alicyclic amines) is 1. The lowest BCUT2D eigenvalue weighted by Crippen LogP contribution is -2.45. The van der Waals surface area contributed by atoms with Crippen LogP contribution in [0.1, 0.15) is 44.9 Å². The van der Waals surface area contributed by atoms with Crippen LogP contribution in [0, 0.1) is 5.82 Å². The number of hydrogen-bond acceptors (Lipinski definition) is 8. The number of carbonyl (C=O) groups is 1. The van der Waals surface area contributed by atoms with E-state index in [2.05, 4.69) is 48.3 Å². The Hall–Kier alpha value is -3.50. The normalized spacial score (nSPS) is 18.9. The van der Waals surface area contributed by atoms with E-state index < -0.39 is 5.82 Å². The Morgan fingerprint density at radius 1 is 1.14 bits per heavy atom. The molecule has 0 unspecified atom stereocenters. The molecule has 37 heavy (non-hydrogen) atoms. The third-order valence-electron chi connectivity index (χ3n) is 7.07. The maximum absolute atomic E-state index is 14.5. The van der Waals surface area contributed by atoms with Crippen molar-refractivity contribution in [2.75, 3.05) is 42.6 Å². The van der Waals surface area contributed by atoms with Crippen LogP contribution in [0.4, 0.5) is 27.5 Å². The maximum Gasteiger partial charge on any atom is 0.248 e. The second kappa shape index (κ2) is 11.7. The summed E-state index contributed by atoms with van der Waals surface area (Å²) in [7, 11) is 2.15. The van der Waals surface area contributed by atoms with E-state index in [9.17, 15) is 9.18 Å². The summed E-state index contributed by atoms with van der Waals surface area (Å²) in [6, 6.07) is 7.62. The molecule has 3 aliphatic rings. The van der Waals surface area contributed by atoms with Crippen molar-refractivity contribution in [1.82, 2.24) is 25.3 Å². The quantitative estimate of drug-likeness (QED) is 0.412.